The number of amides is 2. The van der Waals surface area contributed by atoms with Crippen LogP contribution in [0.1, 0.15) is 39.1 Å². The molecule has 152 valence electrons. The van der Waals surface area contributed by atoms with Crippen molar-refractivity contribution >= 4 is 23.2 Å². The third kappa shape index (κ3) is 4.68. The molecular formula is C18H13F4N3O4. The Labute approximate surface area is 160 Å². The standard InChI is InChI=1S/C18H13F4N3O4/c19-10-2-6-15(25(28)29)12(8-10)17(27)24-14-7-9(16(26)23-11-3-4-11)1-5-13(14)18(20,21)22/h1-2,5-8,11H,3-4H2,(H,23,26)(H,24,27). The number of nitrogens with zero attached hydrogens (tertiary/aromatic N) is 1. The van der Waals surface area contributed by atoms with Crippen molar-refractivity contribution in [3.05, 3.63) is 69.0 Å². The van der Waals surface area contributed by atoms with E-state index in [-0.39, 0.29) is 11.6 Å². The molecule has 2 N–H and O–H groups in total. The third-order valence-corrected chi connectivity index (χ3v) is 4.15. The summed E-state index contributed by atoms with van der Waals surface area (Å²) < 4.78 is 53.4. The Morgan fingerprint density at radius 3 is 2.34 bits per heavy atom. The van der Waals surface area contributed by atoms with E-state index in [9.17, 15) is 37.3 Å². The van der Waals surface area contributed by atoms with Gasteiger partial charge in [-0.3, -0.25) is 19.7 Å². The number of benzene rings is 2. The largest absolute Gasteiger partial charge is 0.418 e. The molecule has 0 unspecified atom stereocenters. The monoisotopic (exact) mass is 411 g/mol. The SMILES string of the molecule is O=C(NC1CC1)c1ccc(C(F)(F)F)c(NC(=O)c2cc(F)ccc2[N+](=O)[O-])c1. The highest BCUT2D eigenvalue weighted by Gasteiger charge is 2.35. The van der Waals surface area contributed by atoms with Crippen molar-refractivity contribution in [3.63, 3.8) is 0 Å². The molecule has 29 heavy (non-hydrogen) atoms. The zero-order chi connectivity index (χ0) is 21.3. The summed E-state index contributed by atoms with van der Waals surface area (Å²) in [5.41, 5.74) is -3.69. The van der Waals surface area contributed by atoms with Crippen LogP contribution in [0.4, 0.5) is 28.9 Å². The molecule has 0 saturated heterocycles. The summed E-state index contributed by atoms with van der Waals surface area (Å²) in [5.74, 6) is -2.91. The van der Waals surface area contributed by atoms with E-state index in [1.807, 2.05) is 5.32 Å². The van der Waals surface area contributed by atoms with Gasteiger partial charge in [-0.15, -0.1) is 0 Å². The molecule has 1 fully saturated rings. The number of nitro benzene ring substituents is 1. The van der Waals surface area contributed by atoms with Crippen molar-refractivity contribution in [1.82, 2.24) is 5.32 Å². The molecule has 3 rings (SSSR count). The van der Waals surface area contributed by atoms with Crippen molar-refractivity contribution in [2.45, 2.75) is 25.1 Å². The number of hydrogen-bond acceptors (Lipinski definition) is 4. The number of halogens is 4. The normalized spacial score (nSPS) is 13.7. The third-order valence-electron chi connectivity index (χ3n) is 4.15. The first-order chi connectivity index (χ1) is 13.6. The Hall–Kier alpha value is -3.50. The molecule has 0 bridgehead atoms. The van der Waals surface area contributed by atoms with Gasteiger partial charge in [0.05, 0.1) is 16.2 Å². The Morgan fingerprint density at radius 1 is 1.07 bits per heavy atom. The summed E-state index contributed by atoms with van der Waals surface area (Å²) in [7, 11) is 0. The van der Waals surface area contributed by atoms with Crippen molar-refractivity contribution in [2.75, 3.05) is 5.32 Å². The van der Waals surface area contributed by atoms with Crippen LogP contribution in [0.15, 0.2) is 36.4 Å². The molecule has 2 amide bonds. The Morgan fingerprint density at radius 2 is 1.76 bits per heavy atom. The minimum absolute atomic E-state index is 0.0437. The first-order valence-electron chi connectivity index (χ1n) is 8.33. The minimum Gasteiger partial charge on any atom is -0.349 e. The fourth-order valence-corrected chi connectivity index (χ4v) is 2.57. The Bertz CT molecular complexity index is 1000. The van der Waals surface area contributed by atoms with Crippen molar-refractivity contribution < 1.29 is 32.1 Å². The lowest BCUT2D eigenvalue weighted by molar-refractivity contribution is -0.385. The zero-order valence-electron chi connectivity index (χ0n) is 14.5. The molecule has 1 aliphatic rings. The molecule has 2 aromatic rings. The summed E-state index contributed by atoms with van der Waals surface area (Å²) >= 11 is 0. The maximum Gasteiger partial charge on any atom is 0.418 e. The Kier molecular flexibility index (Phi) is 5.23. The molecule has 0 spiro atoms. The van der Waals surface area contributed by atoms with Gasteiger partial charge in [0.15, 0.2) is 0 Å². The van der Waals surface area contributed by atoms with Crippen LogP contribution in [0, 0.1) is 15.9 Å². The molecule has 11 heteroatoms. The van der Waals surface area contributed by atoms with Crippen molar-refractivity contribution in [2.24, 2.45) is 0 Å². The van der Waals surface area contributed by atoms with Crippen LogP contribution in [0.2, 0.25) is 0 Å². The zero-order valence-corrected chi connectivity index (χ0v) is 14.5. The van der Waals surface area contributed by atoms with Gasteiger partial charge in [0.1, 0.15) is 11.4 Å². The van der Waals surface area contributed by atoms with Crippen LogP contribution in [0.25, 0.3) is 0 Å². The summed E-state index contributed by atoms with van der Waals surface area (Å²) in [6.45, 7) is 0. The molecule has 0 atom stereocenters. The molecule has 2 aromatic carbocycles. The van der Waals surface area contributed by atoms with Crippen molar-refractivity contribution in [1.29, 1.82) is 0 Å². The van der Waals surface area contributed by atoms with E-state index in [1.54, 1.807) is 0 Å². The molecule has 0 radical (unpaired) electrons. The van der Waals surface area contributed by atoms with Gasteiger partial charge in [-0.2, -0.15) is 13.2 Å². The van der Waals surface area contributed by atoms with Gasteiger partial charge >= 0.3 is 6.18 Å². The van der Waals surface area contributed by atoms with Gasteiger partial charge in [-0.1, -0.05) is 0 Å². The summed E-state index contributed by atoms with van der Waals surface area (Å²) in [6.07, 6.45) is -3.35. The van der Waals surface area contributed by atoms with Gasteiger partial charge in [0.2, 0.25) is 0 Å². The summed E-state index contributed by atoms with van der Waals surface area (Å²) in [4.78, 5) is 34.6. The lowest BCUT2D eigenvalue weighted by Crippen LogP contribution is -2.26. The van der Waals surface area contributed by atoms with Crippen LogP contribution in [-0.2, 0) is 6.18 Å². The lowest BCUT2D eigenvalue weighted by Gasteiger charge is -2.15. The maximum absolute atomic E-state index is 13.4. The van der Waals surface area contributed by atoms with Gasteiger partial charge in [-0.05, 0) is 43.2 Å². The molecular weight excluding hydrogens is 398 g/mol. The van der Waals surface area contributed by atoms with E-state index in [4.69, 9.17) is 0 Å². The highest BCUT2D eigenvalue weighted by atomic mass is 19.4. The predicted octanol–water partition coefficient (Wildman–Crippen LogP) is 3.90. The predicted molar refractivity (Wildman–Crippen MR) is 92.9 cm³/mol. The number of carbonyl (C=O) groups is 2. The van der Waals surface area contributed by atoms with E-state index in [2.05, 4.69) is 5.32 Å². The van der Waals surface area contributed by atoms with Gasteiger partial charge in [-0.25, -0.2) is 4.39 Å². The van der Waals surface area contributed by atoms with Crippen LogP contribution in [0.3, 0.4) is 0 Å². The number of nitro groups is 1. The topological polar surface area (TPSA) is 101 Å². The van der Waals surface area contributed by atoms with Gasteiger partial charge < -0.3 is 10.6 Å². The number of carbonyl (C=O) groups excluding carboxylic acids is 2. The van der Waals surface area contributed by atoms with E-state index in [1.165, 1.54) is 0 Å². The number of alkyl halides is 3. The van der Waals surface area contributed by atoms with E-state index in [0.717, 1.165) is 37.1 Å². The summed E-state index contributed by atoms with van der Waals surface area (Å²) in [6, 6.07) is 4.39. The van der Waals surface area contributed by atoms with E-state index < -0.39 is 51.2 Å². The number of rotatable bonds is 5. The van der Waals surface area contributed by atoms with E-state index in [0.29, 0.717) is 12.1 Å². The molecule has 0 aromatic heterocycles. The average Bonchev–Trinajstić information content (AvgIpc) is 3.44. The quantitative estimate of drug-likeness (QED) is 0.443. The fraction of sp³-hybridized carbons (Fsp3) is 0.222. The van der Waals surface area contributed by atoms with Crippen LogP contribution >= 0.6 is 0 Å². The van der Waals surface area contributed by atoms with E-state index >= 15 is 0 Å². The second kappa shape index (κ2) is 7.49. The number of nitrogens with one attached hydrogen (secondary N) is 2. The Balaban J connectivity index is 1.98. The molecule has 7 nitrogen and oxygen atoms in total. The molecule has 0 aliphatic heterocycles. The number of anilines is 1. The molecule has 1 aliphatic carbocycles. The average molecular weight is 411 g/mol. The minimum atomic E-state index is -4.87. The molecule has 1 saturated carbocycles. The first-order valence-corrected chi connectivity index (χ1v) is 8.33. The smallest absolute Gasteiger partial charge is 0.349 e. The fourth-order valence-electron chi connectivity index (χ4n) is 2.57. The van der Waals surface area contributed by atoms with Gasteiger partial charge in [0, 0.05) is 17.7 Å². The lowest BCUT2D eigenvalue weighted by atomic mass is 10.1. The van der Waals surface area contributed by atoms with Crippen LogP contribution < -0.4 is 10.6 Å². The van der Waals surface area contributed by atoms with Gasteiger partial charge in [0.25, 0.3) is 17.5 Å². The van der Waals surface area contributed by atoms with Crippen LogP contribution in [0.5, 0.6) is 0 Å². The highest BCUT2D eigenvalue weighted by Crippen LogP contribution is 2.36. The second-order valence-corrected chi connectivity index (χ2v) is 6.38. The van der Waals surface area contributed by atoms with Crippen LogP contribution in [-0.4, -0.2) is 22.8 Å². The maximum atomic E-state index is 13.4. The summed E-state index contributed by atoms with van der Waals surface area (Å²) in [5, 5.41) is 15.5. The molecule has 0 heterocycles. The first kappa shape index (κ1) is 20.2. The number of hydrogen-bond donors (Lipinski definition) is 2. The van der Waals surface area contributed by atoms with Crippen molar-refractivity contribution in [3.8, 4) is 0 Å². The highest BCUT2D eigenvalue weighted by molar-refractivity contribution is 6.08. The second-order valence-electron chi connectivity index (χ2n) is 6.38.